The number of Topliss-reactive ketones (excluding diaryl/α,β-unsaturated/α-hetero) is 1. The van der Waals surface area contributed by atoms with E-state index in [9.17, 15) is 4.79 Å². The first-order valence-electron chi connectivity index (χ1n) is 5.66. The number of carbonyl (C=O) groups is 1. The maximum atomic E-state index is 11.8. The highest BCUT2D eigenvalue weighted by atomic mass is 35.5. The third-order valence-corrected chi connectivity index (χ3v) is 2.76. The van der Waals surface area contributed by atoms with Gasteiger partial charge in [-0.3, -0.25) is 4.79 Å². The Kier molecular flexibility index (Phi) is 4.51. The van der Waals surface area contributed by atoms with Crippen LogP contribution >= 0.6 is 11.6 Å². The molecule has 0 radical (unpaired) electrons. The van der Waals surface area contributed by atoms with Crippen LogP contribution in [-0.2, 0) is 11.3 Å². The van der Waals surface area contributed by atoms with Crippen LogP contribution in [0.15, 0.2) is 54.6 Å². The van der Waals surface area contributed by atoms with Crippen molar-refractivity contribution in [3.05, 3.63) is 70.7 Å². The van der Waals surface area contributed by atoms with Crippen molar-refractivity contribution in [2.24, 2.45) is 0 Å². The summed E-state index contributed by atoms with van der Waals surface area (Å²) in [6, 6.07) is 16.6. The summed E-state index contributed by atoms with van der Waals surface area (Å²) in [5.41, 5.74) is 1.67. The van der Waals surface area contributed by atoms with E-state index in [0.717, 1.165) is 5.56 Å². The quantitative estimate of drug-likeness (QED) is 0.766. The lowest BCUT2D eigenvalue weighted by Gasteiger charge is -2.04. The summed E-state index contributed by atoms with van der Waals surface area (Å²) in [5, 5.41) is 0.622. The molecule has 2 rings (SSSR count). The van der Waals surface area contributed by atoms with Gasteiger partial charge in [0.05, 0.1) is 6.61 Å². The van der Waals surface area contributed by atoms with Gasteiger partial charge in [0.25, 0.3) is 0 Å². The third kappa shape index (κ3) is 3.69. The van der Waals surface area contributed by atoms with Crippen molar-refractivity contribution in [1.29, 1.82) is 0 Å². The zero-order valence-corrected chi connectivity index (χ0v) is 10.6. The van der Waals surface area contributed by atoms with Crippen molar-refractivity contribution in [3.8, 4) is 0 Å². The van der Waals surface area contributed by atoms with Gasteiger partial charge in [0, 0.05) is 10.6 Å². The van der Waals surface area contributed by atoms with Gasteiger partial charge in [-0.15, -0.1) is 0 Å². The van der Waals surface area contributed by atoms with E-state index in [1.54, 1.807) is 24.3 Å². The Labute approximate surface area is 111 Å². The molecular weight excluding hydrogens is 248 g/mol. The van der Waals surface area contributed by atoms with Gasteiger partial charge in [0.2, 0.25) is 0 Å². The third-order valence-electron chi connectivity index (χ3n) is 2.51. The van der Waals surface area contributed by atoms with Crippen LogP contribution in [0.4, 0.5) is 0 Å². The van der Waals surface area contributed by atoms with Crippen molar-refractivity contribution in [2.75, 3.05) is 6.61 Å². The number of hydrogen-bond acceptors (Lipinski definition) is 2. The smallest absolute Gasteiger partial charge is 0.188 e. The SMILES string of the molecule is O=C(COCc1ccccc1)c1ccc(Cl)cc1. The van der Waals surface area contributed by atoms with Crippen molar-refractivity contribution >= 4 is 17.4 Å². The van der Waals surface area contributed by atoms with E-state index in [4.69, 9.17) is 16.3 Å². The number of ether oxygens (including phenoxy) is 1. The predicted molar refractivity (Wildman–Crippen MR) is 71.9 cm³/mol. The Morgan fingerprint density at radius 2 is 1.67 bits per heavy atom. The molecule has 0 amide bonds. The largest absolute Gasteiger partial charge is 0.369 e. The van der Waals surface area contributed by atoms with Gasteiger partial charge in [-0.2, -0.15) is 0 Å². The Hall–Kier alpha value is -1.64. The zero-order chi connectivity index (χ0) is 12.8. The number of halogens is 1. The lowest BCUT2D eigenvalue weighted by molar-refractivity contribution is 0.0726. The number of ketones is 1. The maximum absolute atomic E-state index is 11.8. The molecule has 0 heterocycles. The van der Waals surface area contributed by atoms with Crippen LogP contribution in [0.2, 0.25) is 5.02 Å². The molecule has 2 aromatic carbocycles. The van der Waals surface area contributed by atoms with E-state index in [2.05, 4.69) is 0 Å². The minimum Gasteiger partial charge on any atom is -0.369 e. The molecule has 0 saturated carbocycles. The first kappa shape index (κ1) is 12.8. The van der Waals surface area contributed by atoms with Crippen molar-refractivity contribution in [1.82, 2.24) is 0 Å². The highest BCUT2D eigenvalue weighted by molar-refractivity contribution is 6.30. The van der Waals surface area contributed by atoms with E-state index in [-0.39, 0.29) is 12.4 Å². The molecule has 0 bridgehead atoms. The van der Waals surface area contributed by atoms with E-state index < -0.39 is 0 Å². The molecule has 0 N–H and O–H groups in total. The zero-order valence-electron chi connectivity index (χ0n) is 9.80. The molecule has 0 saturated heterocycles. The van der Waals surface area contributed by atoms with Crippen LogP contribution in [0.1, 0.15) is 15.9 Å². The fraction of sp³-hybridized carbons (Fsp3) is 0.133. The molecular formula is C15H13ClO2. The molecule has 0 fully saturated rings. The second-order valence-electron chi connectivity index (χ2n) is 3.91. The highest BCUT2D eigenvalue weighted by Gasteiger charge is 2.05. The minimum atomic E-state index is -0.0393. The van der Waals surface area contributed by atoms with E-state index in [1.807, 2.05) is 30.3 Å². The van der Waals surface area contributed by atoms with Crippen molar-refractivity contribution in [3.63, 3.8) is 0 Å². The second-order valence-corrected chi connectivity index (χ2v) is 4.34. The fourth-order valence-electron chi connectivity index (χ4n) is 1.55. The molecule has 92 valence electrons. The lowest BCUT2D eigenvalue weighted by atomic mass is 10.1. The molecule has 0 aliphatic rings. The van der Waals surface area contributed by atoms with Crippen LogP contribution in [0, 0.1) is 0 Å². The van der Waals surface area contributed by atoms with Crippen LogP contribution in [-0.4, -0.2) is 12.4 Å². The second kappa shape index (κ2) is 6.34. The normalized spacial score (nSPS) is 10.3. The van der Waals surface area contributed by atoms with Crippen LogP contribution in [0.5, 0.6) is 0 Å². The number of carbonyl (C=O) groups excluding carboxylic acids is 1. The molecule has 2 nitrogen and oxygen atoms in total. The minimum absolute atomic E-state index is 0.0393. The first-order chi connectivity index (χ1) is 8.75. The molecule has 0 aliphatic heterocycles. The molecule has 3 heteroatoms. The Bertz CT molecular complexity index is 506. The molecule has 0 aromatic heterocycles. The van der Waals surface area contributed by atoms with E-state index >= 15 is 0 Å². The number of benzene rings is 2. The summed E-state index contributed by atoms with van der Waals surface area (Å²) in [4.78, 5) is 11.8. The molecule has 0 unspecified atom stereocenters. The summed E-state index contributed by atoms with van der Waals surface area (Å²) < 4.78 is 5.38. The molecule has 0 aliphatic carbocycles. The van der Waals surface area contributed by atoms with Gasteiger partial charge in [0.1, 0.15) is 6.61 Å². The summed E-state index contributed by atoms with van der Waals surface area (Å²) in [5.74, 6) is -0.0393. The molecule has 0 spiro atoms. The Morgan fingerprint density at radius 1 is 1.00 bits per heavy atom. The molecule has 18 heavy (non-hydrogen) atoms. The summed E-state index contributed by atoms with van der Waals surface area (Å²) in [6.07, 6.45) is 0. The van der Waals surface area contributed by atoms with Gasteiger partial charge >= 0.3 is 0 Å². The first-order valence-corrected chi connectivity index (χ1v) is 6.04. The monoisotopic (exact) mass is 260 g/mol. The van der Waals surface area contributed by atoms with Crippen LogP contribution < -0.4 is 0 Å². The molecule has 0 atom stereocenters. The standard InChI is InChI=1S/C15H13ClO2/c16-14-8-6-13(7-9-14)15(17)11-18-10-12-4-2-1-3-5-12/h1-9H,10-11H2. The molecule has 2 aromatic rings. The average molecular weight is 261 g/mol. The topological polar surface area (TPSA) is 26.3 Å². The highest BCUT2D eigenvalue weighted by Crippen LogP contribution is 2.10. The van der Waals surface area contributed by atoms with Crippen LogP contribution in [0.25, 0.3) is 0 Å². The average Bonchev–Trinajstić information content (AvgIpc) is 2.40. The van der Waals surface area contributed by atoms with Crippen molar-refractivity contribution < 1.29 is 9.53 Å². The van der Waals surface area contributed by atoms with E-state index in [1.165, 1.54) is 0 Å². The van der Waals surface area contributed by atoms with Crippen LogP contribution in [0.3, 0.4) is 0 Å². The number of hydrogen-bond donors (Lipinski definition) is 0. The van der Waals surface area contributed by atoms with Gasteiger partial charge in [-0.05, 0) is 29.8 Å². The Balaban J connectivity index is 1.84. The number of rotatable bonds is 5. The van der Waals surface area contributed by atoms with E-state index in [0.29, 0.717) is 17.2 Å². The summed E-state index contributed by atoms with van der Waals surface area (Å²) in [7, 11) is 0. The summed E-state index contributed by atoms with van der Waals surface area (Å²) >= 11 is 5.76. The fourth-order valence-corrected chi connectivity index (χ4v) is 1.68. The van der Waals surface area contributed by atoms with Gasteiger partial charge in [-0.25, -0.2) is 0 Å². The predicted octanol–water partition coefficient (Wildman–Crippen LogP) is 3.74. The lowest BCUT2D eigenvalue weighted by Crippen LogP contribution is -2.08. The summed E-state index contributed by atoms with van der Waals surface area (Å²) in [6.45, 7) is 0.525. The van der Waals surface area contributed by atoms with Crippen molar-refractivity contribution in [2.45, 2.75) is 6.61 Å². The van der Waals surface area contributed by atoms with Gasteiger partial charge in [0.15, 0.2) is 5.78 Å². The van der Waals surface area contributed by atoms with Gasteiger partial charge in [-0.1, -0.05) is 41.9 Å². The maximum Gasteiger partial charge on any atom is 0.188 e. The van der Waals surface area contributed by atoms with Gasteiger partial charge < -0.3 is 4.74 Å². The Morgan fingerprint density at radius 3 is 2.33 bits per heavy atom.